The van der Waals surface area contributed by atoms with Crippen LogP contribution in [-0.4, -0.2) is 22.1 Å². The molecule has 86 valence electrons. The molecule has 0 atom stereocenters. The van der Waals surface area contributed by atoms with Crippen LogP contribution in [0.3, 0.4) is 0 Å². The summed E-state index contributed by atoms with van der Waals surface area (Å²) in [7, 11) is 0. The Bertz CT molecular complexity index is 442. The molecule has 0 bridgehead atoms. The molecule has 0 amide bonds. The number of pyridine rings is 1. The van der Waals surface area contributed by atoms with Crippen LogP contribution in [0.5, 0.6) is 0 Å². The second-order valence-electron chi connectivity index (χ2n) is 3.42. The molecule has 6 heteroatoms. The van der Waals surface area contributed by atoms with Gasteiger partial charge in [-0.3, -0.25) is 0 Å². The van der Waals surface area contributed by atoms with E-state index in [0.717, 1.165) is 5.65 Å². The van der Waals surface area contributed by atoms with E-state index >= 15 is 0 Å². The summed E-state index contributed by atoms with van der Waals surface area (Å²) in [4.78, 5) is 4.17. The molecular formula is C10H10F3N3. The average Bonchev–Trinajstić information content (AvgIpc) is 2.57. The molecule has 0 aliphatic carbocycles. The smallest absolute Gasteiger partial charge is 0.307 e. The lowest BCUT2D eigenvalue weighted by Gasteiger charge is -2.05. The van der Waals surface area contributed by atoms with Crippen molar-refractivity contribution >= 4 is 5.65 Å². The van der Waals surface area contributed by atoms with E-state index in [0.29, 0.717) is 5.69 Å². The molecule has 2 rings (SSSR count). The molecule has 0 saturated heterocycles. The highest BCUT2D eigenvalue weighted by atomic mass is 19.4. The summed E-state index contributed by atoms with van der Waals surface area (Å²) in [6.07, 6.45) is -0.673. The summed E-state index contributed by atoms with van der Waals surface area (Å²) >= 11 is 0. The van der Waals surface area contributed by atoms with Crippen LogP contribution < -0.4 is 5.32 Å². The van der Waals surface area contributed by atoms with Gasteiger partial charge in [-0.2, -0.15) is 13.2 Å². The number of hydrogen-bond acceptors (Lipinski definition) is 2. The van der Waals surface area contributed by atoms with Crippen LogP contribution in [0.1, 0.15) is 5.69 Å². The van der Waals surface area contributed by atoms with Gasteiger partial charge in [-0.25, -0.2) is 4.98 Å². The number of rotatable bonds is 3. The fraction of sp³-hybridized carbons (Fsp3) is 0.300. The van der Waals surface area contributed by atoms with E-state index in [1.165, 1.54) is 0 Å². The summed E-state index contributed by atoms with van der Waals surface area (Å²) in [5, 5.41) is 2.30. The maximum Gasteiger partial charge on any atom is 0.401 e. The van der Waals surface area contributed by atoms with Gasteiger partial charge in [-0.15, -0.1) is 0 Å². The van der Waals surface area contributed by atoms with Gasteiger partial charge < -0.3 is 9.72 Å². The third-order valence-electron chi connectivity index (χ3n) is 2.05. The number of aromatic nitrogens is 2. The summed E-state index contributed by atoms with van der Waals surface area (Å²) < 4.78 is 37.4. The average molecular weight is 229 g/mol. The van der Waals surface area contributed by atoms with Crippen molar-refractivity contribution in [2.45, 2.75) is 12.7 Å². The number of hydrogen-bond donors (Lipinski definition) is 1. The monoisotopic (exact) mass is 229 g/mol. The first kappa shape index (κ1) is 10.9. The second-order valence-corrected chi connectivity index (χ2v) is 3.42. The molecular weight excluding hydrogens is 219 g/mol. The Morgan fingerprint density at radius 1 is 1.31 bits per heavy atom. The van der Waals surface area contributed by atoms with Gasteiger partial charge in [-0.1, -0.05) is 6.07 Å². The van der Waals surface area contributed by atoms with Crippen molar-refractivity contribution in [3.8, 4) is 0 Å². The third-order valence-corrected chi connectivity index (χ3v) is 2.05. The molecule has 2 heterocycles. The molecule has 16 heavy (non-hydrogen) atoms. The van der Waals surface area contributed by atoms with Gasteiger partial charge in [0.05, 0.1) is 12.2 Å². The minimum absolute atomic E-state index is 0.112. The molecule has 2 aromatic rings. The second kappa shape index (κ2) is 4.13. The van der Waals surface area contributed by atoms with E-state index in [1.54, 1.807) is 22.9 Å². The largest absolute Gasteiger partial charge is 0.401 e. The van der Waals surface area contributed by atoms with Crippen LogP contribution in [0.25, 0.3) is 5.65 Å². The van der Waals surface area contributed by atoms with Crippen LogP contribution in [-0.2, 0) is 6.54 Å². The normalized spacial score (nSPS) is 12.2. The summed E-state index contributed by atoms with van der Waals surface area (Å²) in [5.41, 5.74) is 1.32. The molecule has 0 aliphatic heterocycles. The topological polar surface area (TPSA) is 29.3 Å². The molecule has 0 radical (unpaired) electrons. The predicted octanol–water partition coefficient (Wildman–Crippen LogP) is 1.99. The Labute approximate surface area is 89.9 Å². The van der Waals surface area contributed by atoms with Crippen LogP contribution in [0.2, 0.25) is 0 Å². The number of nitrogens with one attached hydrogen (secondary N) is 1. The number of nitrogens with zero attached hydrogens (tertiary/aromatic N) is 2. The Morgan fingerprint density at radius 3 is 2.81 bits per heavy atom. The van der Waals surface area contributed by atoms with Crippen molar-refractivity contribution in [1.29, 1.82) is 0 Å². The lowest BCUT2D eigenvalue weighted by Crippen LogP contribution is -2.28. The van der Waals surface area contributed by atoms with Crippen LogP contribution in [0.15, 0.2) is 30.6 Å². The summed E-state index contributed by atoms with van der Waals surface area (Å²) in [6, 6.07) is 5.46. The van der Waals surface area contributed by atoms with Gasteiger partial charge in [0.25, 0.3) is 0 Å². The summed E-state index contributed by atoms with van der Waals surface area (Å²) in [5.74, 6) is 0. The van der Waals surface area contributed by atoms with Crippen molar-refractivity contribution in [2.75, 3.05) is 6.54 Å². The molecule has 3 nitrogen and oxygen atoms in total. The van der Waals surface area contributed by atoms with Crippen molar-refractivity contribution in [3.63, 3.8) is 0 Å². The number of fused-ring (bicyclic) bond motifs is 1. The SMILES string of the molecule is FC(F)(F)CNCc1cn2ccccc2n1. The molecule has 0 unspecified atom stereocenters. The van der Waals surface area contributed by atoms with Gasteiger partial charge in [-0.05, 0) is 12.1 Å². The van der Waals surface area contributed by atoms with Crippen molar-refractivity contribution < 1.29 is 13.2 Å². The van der Waals surface area contributed by atoms with Gasteiger partial charge in [0.1, 0.15) is 5.65 Å². The molecule has 0 aliphatic rings. The van der Waals surface area contributed by atoms with Crippen LogP contribution in [0.4, 0.5) is 13.2 Å². The zero-order valence-corrected chi connectivity index (χ0v) is 8.33. The standard InChI is InChI=1S/C10H10F3N3/c11-10(12,13)7-14-5-8-6-16-4-2-1-3-9(16)15-8/h1-4,6,14H,5,7H2. The van der Waals surface area contributed by atoms with E-state index in [2.05, 4.69) is 10.3 Å². The Morgan fingerprint density at radius 2 is 2.12 bits per heavy atom. The zero-order valence-electron chi connectivity index (χ0n) is 8.33. The maximum absolute atomic E-state index is 11.9. The van der Waals surface area contributed by atoms with Crippen LogP contribution in [0, 0.1) is 0 Å². The zero-order chi connectivity index (χ0) is 11.6. The lowest BCUT2D eigenvalue weighted by molar-refractivity contribution is -0.125. The van der Waals surface area contributed by atoms with E-state index in [1.807, 2.05) is 12.1 Å². The van der Waals surface area contributed by atoms with E-state index in [9.17, 15) is 13.2 Å². The number of halogens is 3. The van der Waals surface area contributed by atoms with E-state index in [4.69, 9.17) is 0 Å². The molecule has 0 spiro atoms. The minimum Gasteiger partial charge on any atom is -0.307 e. The molecule has 1 N–H and O–H groups in total. The number of alkyl halides is 3. The Balaban J connectivity index is 2.00. The fourth-order valence-electron chi connectivity index (χ4n) is 1.40. The van der Waals surface area contributed by atoms with E-state index in [-0.39, 0.29) is 6.54 Å². The lowest BCUT2D eigenvalue weighted by atomic mass is 10.4. The molecule has 0 aromatic carbocycles. The number of imidazole rings is 1. The molecule has 2 aromatic heterocycles. The van der Waals surface area contributed by atoms with E-state index < -0.39 is 12.7 Å². The quantitative estimate of drug-likeness (QED) is 0.872. The highest BCUT2D eigenvalue weighted by molar-refractivity contribution is 5.39. The Kier molecular flexibility index (Phi) is 2.82. The maximum atomic E-state index is 11.9. The van der Waals surface area contributed by atoms with Gasteiger partial charge in [0.2, 0.25) is 0 Å². The van der Waals surface area contributed by atoms with Crippen molar-refractivity contribution in [2.24, 2.45) is 0 Å². The molecule has 0 saturated carbocycles. The predicted molar refractivity (Wildman–Crippen MR) is 53.0 cm³/mol. The third kappa shape index (κ3) is 2.73. The first-order chi connectivity index (χ1) is 7.54. The highest BCUT2D eigenvalue weighted by Gasteiger charge is 2.26. The Hall–Kier alpha value is -1.56. The van der Waals surface area contributed by atoms with Gasteiger partial charge in [0.15, 0.2) is 0 Å². The highest BCUT2D eigenvalue weighted by Crippen LogP contribution is 2.12. The summed E-state index contributed by atoms with van der Waals surface area (Å²) in [6.45, 7) is -0.887. The fourth-order valence-corrected chi connectivity index (χ4v) is 1.40. The van der Waals surface area contributed by atoms with Gasteiger partial charge >= 0.3 is 6.18 Å². The van der Waals surface area contributed by atoms with Gasteiger partial charge in [0, 0.05) is 18.9 Å². The van der Waals surface area contributed by atoms with Crippen molar-refractivity contribution in [3.05, 3.63) is 36.3 Å². The van der Waals surface area contributed by atoms with Crippen molar-refractivity contribution in [1.82, 2.24) is 14.7 Å². The first-order valence-electron chi connectivity index (χ1n) is 4.75. The molecule has 0 fully saturated rings. The van der Waals surface area contributed by atoms with Crippen LogP contribution >= 0.6 is 0 Å². The minimum atomic E-state index is -4.18. The first-order valence-corrected chi connectivity index (χ1v) is 4.75.